The Morgan fingerprint density at radius 1 is 1.03 bits per heavy atom. The zero-order valence-corrected chi connectivity index (χ0v) is 20.1. The summed E-state index contributed by atoms with van der Waals surface area (Å²) in [6, 6.07) is 11.2. The van der Waals surface area contributed by atoms with Crippen molar-refractivity contribution in [2.24, 2.45) is 0 Å². The number of hydrogen-bond acceptors (Lipinski definition) is 3. The van der Waals surface area contributed by atoms with Crippen LogP contribution in [0.2, 0.25) is 15.1 Å². The summed E-state index contributed by atoms with van der Waals surface area (Å²) in [6.07, 6.45) is 1.23. The van der Waals surface area contributed by atoms with E-state index < -0.39 is 6.04 Å². The first-order valence-electron chi connectivity index (χ1n) is 10.2. The molecule has 0 aliphatic heterocycles. The van der Waals surface area contributed by atoms with Crippen LogP contribution in [0.1, 0.15) is 39.2 Å². The van der Waals surface area contributed by atoms with Gasteiger partial charge in [0.1, 0.15) is 11.8 Å². The molecule has 8 heteroatoms. The molecule has 0 spiro atoms. The average Bonchev–Trinajstić information content (AvgIpc) is 2.73. The Morgan fingerprint density at radius 3 is 2.35 bits per heavy atom. The zero-order chi connectivity index (χ0) is 23.0. The molecule has 2 aromatic rings. The number of nitrogens with zero attached hydrogens (tertiary/aromatic N) is 1. The van der Waals surface area contributed by atoms with Crippen LogP contribution in [-0.4, -0.2) is 35.4 Å². The number of rotatable bonds is 10. The van der Waals surface area contributed by atoms with E-state index >= 15 is 0 Å². The van der Waals surface area contributed by atoms with Gasteiger partial charge in [-0.05, 0) is 55.7 Å². The molecule has 2 atom stereocenters. The summed E-state index contributed by atoms with van der Waals surface area (Å²) in [7, 11) is 0. The SMILES string of the molecule is CC[C@@H](C)NC(=O)[C@H](CC)N(Cc1ccc(Cl)cc1Cl)C(=O)COc1cccc(Cl)c1. The van der Waals surface area contributed by atoms with E-state index in [0.717, 1.165) is 6.42 Å². The third-order valence-electron chi connectivity index (χ3n) is 4.90. The summed E-state index contributed by atoms with van der Waals surface area (Å²) in [6.45, 7) is 5.69. The first-order chi connectivity index (χ1) is 14.7. The van der Waals surface area contributed by atoms with Crippen molar-refractivity contribution in [3.05, 3.63) is 63.1 Å². The second-order valence-corrected chi connectivity index (χ2v) is 8.53. The normalized spacial score (nSPS) is 12.7. The lowest BCUT2D eigenvalue weighted by Gasteiger charge is -2.31. The maximum atomic E-state index is 13.2. The van der Waals surface area contributed by atoms with Crippen LogP contribution in [0.15, 0.2) is 42.5 Å². The van der Waals surface area contributed by atoms with Crippen molar-refractivity contribution >= 4 is 46.6 Å². The van der Waals surface area contributed by atoms with Crippen LogP contribution in [0.3, 0.4) is 0 Å². The fourth-order valence-electron chi connectivity index (χ4n) is 2.98. The Bertz CT molecular complexity index is 907. The van der Waals surface area contributed by atoms with Gasteiger partial charge in [0, 0.05) is 27.7 Å². The summed E-state index contributed by atoms with van der Waals surface area (Å²) in [5.74, 6) is -0.0717. The van der Waals surface area contributed by atoms with E-state index in [1.807, 2.05) is 20.8 Å². The highest BCUT2D eigenvalue weighted by Crippen LogP contribution is 2.24. The van der Waals surface area contributed by atoms with Crippen LogP contribution >= 0.6 is 34.8 Å². The molecule has 5 nitrogen and oxygen atoms in total. The Kier molecular flexibility index (Phi) is 9.94. The number of ether oxygens (including phenoxy) is 1. The van der Waals surface area contributed by atoms with E-state index in [4.69, 9.17) is 39.5 Å². The highest BCUT2D eigenvalue weighted by atomic mass is 35.5. The molecule has 0 bridgehead atoms. The molecule has 0 unspecified atom stereocenters. The average molecular weight is 486 g/mol. The van der Waals surface area contributed by atoms with Crippen molar-refractivity contribution in [3.8, 4) is 5.75 Å². The van der Waals surface area contributed by atoms with Gasteiger partial charge < -0.3 is 15.0 Å². The van der Waals surface area contributed by atoms with Crippen LogP contribution in [0.5, 0.6) is 5.75 Å². The highest BCUT2D eigenvalue weighted by Gasteiger charge is 2.30. The van der Waals surface area contributed by atoms with Crippen molar-refractivity contribution in [2.45, 2.75) is 52.2 Å². The monoisotopic (exact) mass is 484 g/mol. The molecule has 31 heavy (non-hydrogen) atoms. The lowest BCUT2D eigenvalue weighted by Crippen LogP contribution is -2.51. The fraction of sp³-hybridized carbons (Fsp3) is 0.391. The molecule has 1 N–H and O–H groups in total. The maximum Gasteiger partial charge on any atom is 0.261 e. The van der Waals surface area contributed by atoms with E-state index in [0.29, 0.717) is 32.8 Å². The number of amides is 2. The van der Waals surface area contributed by atoms with Crippen molar-refractivity contribution in [2.75, 3.05) is 6.61 Å². The Balaban J connectivity index is 2.26. The molecule has 168 valence electrons. The van der Waals surface area contributed by atoms with Gasteiger partial charge in [-0.3, -0.25) is 9.59 Å². The minimum absolute atomic E-state index is 0.000308. The predicted octanol–water partition coefficient (Wildman–Crippen LogP) is 5.75. The van der Waals surface area contributed by atoms with Crippen molar-refractivity contribution in [1.29, 1.82) is 0 Å². The van der Waals surface area contributed by atoms with Crippen LogP contribution in [0, 0.1) is 0 Å². The summed E-state index contributed by atoms with van der Waals surface area (Å²) in [5, 5.41) is 4.40. The number of carbonyl (C=O) groups is 2. The molecule has 0 heterocycles. The summed E-state index contributed by atoms with van der Waals surface area (Å²) in [5.41, 5.74) is 0.692. The summed E-state index contributed by atoms with van der Waals surface area (Å²) >= 11 is 18.3. The van der Waals surface area contributed by atoms with Crippen LogP contribution in [0.25, 0.3) is 0 Å². The lowest BCUT2D eigenvalue weighted by molar-refractivity contribution is -0.143. The maximum absolute atomic E-state index is 13.2. The van der Waals surface area contributed by atoms with Crippen LogP contribution < -0.4 is 10.1 Å². The van der Waals surface area contributed by atoms with Crippen LogP contribution in [-0.2, 0) is 16.1 Å². The largest absolute Gasteiger partial charge is 0.484 e. The molecule has 2 amide bonds. The second kappa shape index (κ2) is 12.2. The highest BCUT2D eigenvalue weighted by molar-refractivity contribution is 6.35. The first-order valence-corrected chi connectivity index (χ1v) is 11.3. The predicted molar refractivity (Wildman–Crippen MR) is 126 cm³/mol. The standard InChI is InChI=1S/C23H27Cl3N2O3/c1-4-15(3)27-23(30)21(5-2)28(13-16-9-10-18(25)12-20(16)26)22(29)14-31-19-8-6-7-17(24)11-19/h6-12,15,21H,4-5,13-14H2,1-3H3,(H,27,30)/t15-,21+/m1/s1. The van der Waals surface area contributed by atoms with E-state index in [-0.39, 0.29) is 31.0 Å². The van der Waals surface area contributed by atoms with Crippen molar-refractivity contribution in [3.63, 3.8) is 0 Å². The Morgan fingerprint density at radius 2 is 1.74 bits per heavy atom. The van der Waals surface area contributed by atoms with Gasteiger partial charge in [-0.15, -0.1) is 0 Å². The molecule has 0 aromatic heterocycles. The van der Waals surface area contributed by atoms with E-state index in [9.17, 15) is 9.59 Å². The number of nitrogens with one attached hydrogen (secondary N) is 1. The van der Waals surface area contributed by atoms with E-state index in [2.05, 4.69) is 5.32 Å². The molecule has 0 aliphatic rings. The van der Waals surface area contributed by atoms with Gasteiger partial charge in [-0.25, -0.2) is 0 Å². The topological polar surface area (TPSA) is 58.6 Å². The van der Waals surface area contributed by atoms with Gasteiger partial charge >= 0.3 is 0 Å². The molecule has 2 rings (SSSR count). The minimum atomic E-state index is -0.670. The molecule has 0 saturated carbocycles. The lowest BCUT2D eigenvalue weighted by atomic mass is 10.1. The molecular formula is C23H27Cl3N2O3. The minimum Gasteiger partial charge on any atom is -0.484 e. The van der Waals surface area contributed by atoms with Gasteiger partial charge in [0.25, 0.3) is 5.91 Å². The summed E-state index contributed by atoms with van der Waals surface area (Å²) in [4.78, 5) is 27.6. The molecule has 0 radical (unpaired) electrons. The second-order valence-electron chi connectivity index (χ2n) is 7.25. The van der Waals surface area contributed by atoms with Crippen molar-refractivity contribution in [1.82, 2.24) is 10.2 Å². The smallest absolute Gasteiger partial charge is 0.261 e. The molecule has 0 aliphatic carbocycles. The van der Waals surface area contributed by atoms with E-state index in [1.165, 1.54) is 4.90 Å². The molecule has 2 aromatic carbocycles. The number of hydrogen-bond donors (Lipinski definition) is 1. The third-order valence-corrected chi connectivity index (χ3v) is 5.72. The number of carbonyl (C=O) groups excluding carboxylic acids is 2. The molecule has 0 fully saturated rings. The quantitative estimate of drug-likeness (QED) is 0.466. The fourth-order valence-corrected chi connectivity index (χ4v) is 3.63. The van der Waals surface area contributed by atoms with Crippen LogP contribution in [0.4, 0.5) is 0 Å². The van der Waals surface area contributed by atoms with Gasteiger partial charge in [0.05, 0.1) is 0 Å². The van der Waals surface area contributed by atoms with Gasteiger partial charge in [0.15, 0.2) is 6.61 Å². The number of benzene rings is 2. The van der Waals surface area contributed by atoms with E-state index in [1.54, 1.807) is 42.5 Å². The molecular weight excluding hydrogens is 459 g/mol. The Hall–Kier alpha value is -1.95. The van der Waals surface area contributed by atoms with Gasteiger partial charge in [0.2, 0.25) is 5.91 Å². The zero-order valence-electron chi connectivity index (χ0n) is 17.8. The number of halogens is 3. The Labute approximate surface area is 198 Å². The van der Waals surface area contributed by atoms with Crippen molar-refractivity contribution < 1.29 is 14.3 Å². The first kappa shape index (κ1) is 25.3. The van der Waals surface area contributed by atoms with Gasteiger partial charge in [-0.2, -0.15) is 0 Å². The molecule has 0 saturated heterocycles. The summed E-state index contributed by atoms with van der Waals surface area (Å²) < 4.78 is 5.63. The van der Waals surface area contributed by atoms with Gasteiger partial charge in [-0.1, -0.05) is 60.8 Å². The third kappa shape index (κ3) is 7.60.